The predicted octanol–water partition coefficient (Wildman–Crippen LogP) is 3.16. The SMILES string of the molecule is Cc1[nH]c2ccccc2c1CCN1CCC2(CC1)OCN(C)C2C. The van der Waals surface area contributed by atoms with Gasteiger partial charge in [-0.2, -0.15) is 0 Å². The van der Waals surface area contributed by atoms with E-state index in [1.54, 1.807) is 0 Å². The molecule has 1 aromatic heterocycles. The Morgan fingerprint density at radius 2 is 2.00 bits per heavy atom. The maximum atomic E-state index is 6.18. The molecule has 24 heavy (non-hydrogen) atoms. The molecule has 1 aromatic carbocycles. The molecule has 0 aliphatic carbocycles. The van der Waals surface area contributed by atoms with Gasteiger partial charge in [-0.15, -0.1) is 0 Å². The second-order valence-corrected chi connectivity index (χ2v) is 7.64. The number of nitrogens with one attached hydrogen (secondary N) is 1. The van der Waals surface area contributed by atoms with E-state index < -0.39 is 0 Å². The van der Waals surface area contributed by atoms with E-state index in [2.05, 4.69) is 59.9 Å². The van der Waals surface area contributed by atoms with E-state index in [1.165, 1.54) is 22.2 Å². The van der Waals surface area contributed by atoms with Crippen molar-refractivity contribution < 1.29 is 4.74 Å². The van der Waals surface area contributed by atoms with Gasteiger partial charge in [-0.1, -0.05) is 18.2 Å². The molecule has 1 unspecified atom stereocenters. The number of aryl methyl sites for hydroxylation is 1. The number of likely N-dealkylation sites (tertiary alicyclic amines) is 1. The van der Waals surface area contributed by atoms with Gasteiger partial charge in [0.05, 0.1) is 12.3 Å². The molecule has 2 fully saturated rings. The standard InChI is InChI=1S/C20H29N3O/c1-15-17(18-6-4-5-7-19(18)21-15)8-11-23-12-9-20(10-13-23)16(2)22(3)14-24-20/h4-7,16,21H,8-14H2,1-3H3. The highest BCUT2D eigenvalue weighted by Gasteiger charge is 2.46. The first-order valence-corrected chi connectivity index (χ1v) is 9.22. The van der Waals surface area contributed by atoms with Crippen LogP contribution in [0.4, 0.5) is 0 Å². The number of hydrogen-bond acceptors (Lipinski definition) is 3. The van der Waals surface area contributed by atoms with Gasteiger partial charge in [0.2, 0.25) is 0 Å². The average molecular weight is 327 g/mol. The van der Waals surface area contributed by atoms with Gasteiger partial charge in [0.25, 0.3) is 0 Å². The Balaban J connectivity index is 1.38. The molecule has 2 aromatic rings. The number of aromatic nitrogens is 1. The third-order valence-corrected chi connectivity index (χ3v) is 6.39. The van der Waals surface area contributed by atoms with Gasteiger partial charge in [0, 0.05) is 42.3 Å². The summed E-state index contributed by atoms with van der Waals surface area (Å²) in [5.41, 5.74) is 4.16. The van der Waals surface area contributed by atoms with Gasteiger partial charge in [-0.3, -0.25) is 4.90 Å². The van der Waals surface area contributed by atoms with Crippen LogP contribution in [0.2, 0.25) is 0 Å². The van der Waals surface area contributed by atoms with Gasteiger partial charge in [-0.25, -0.2) is 0 Å². The Labute approximate surface area is 144 Å². The molecule has 2 saturated heterocycles. The quantitative estimate of drug-likeness (QED) is 0.939. The average Bonchev–Trinajstić information content (AvgIpc) is 3.06. The van der Waals surface area contributed by atoms with Crippen molar-refractivity contribution in [3.05, 3.63) is 35.5 Å². The highest BCUT2D eigenvalue weighted by atomic mass is 16.5. The number of hydrogen-bond donors (Lipinski definition) is 1. The van der Waals surface area contributed by atoms with Crippen molar-refractivity contribution in [1.82, 2.24) is 14.8 Å². The minimum absolute atomic E-state index is 0.0992. The fraction of sp³-hybridized carbons (Fsp3) is 0.600. The van der Waals surface area contributed by atoms with Crippen molar-refractivity contribution in [3.8, 4) is 0 Å². The highest BCUT2D eigenvalue weighted by Crippen LogP contribution is 2.36. The summed E-state index contributed by atoms with van der Waals surface area (Å²) in [6.07, 6.45) is 3.44. The smallest absolute Gasteiger partial charge is 0.0999 e. The summed E-state index contributed by atoms with van der Waals surface area (Å²) >= 11 is 0. The van der Waals surface area contributed by atoms with Crippen LogP contribution >= 0.6 is 0 Å². The molecule has 4 nitrogen and oxygen atoms in total. The first-order chi connectivity index (χ1) is 11.6. The van der Waals surface area contributed by atoms with Crippen LogP contribution in [0.15, 0.2) is 24.3 Å². The molecular formula is C20H29N3O. The van der Waals surface area contributed by atoms with Crippen molar-refractivity contribution in [2.75, 3.05) is 33.4 Å². The molecular weight excluding hydrogens is 298 g/mol. The van der Waals surface area contributed by atoms with Gasteiger partial charge >= 0.3 is 0 Å². The van der Waals surface area contributed by atoms with E-state index in [1.807, 2.05) is 0 Å². The lowest BCUT2D eigenvalue weighted by molar-refractivity contribution is -0.0493. The molecule has 2 aliphatic heterocycles. The van der Waals surface area contributed by atoms with Crippen LogP contribution in [0, 0.1) is 6.92 Å². The van der Waals surface area contributed by atoms with Crippen LogP contribution in [0.3, 0.4) is 0 Å². The van der Waals surface area contributed by atoms with Crippen LogP contribution in [-0.2, 0) is 11.2 Å². The van der Waals surface area contributed by atoms with Gasteiger partial charge < -0.3 is 14.6 Å². The Morgan fingerprint density at radius 3 is 2.71 bits per heavy atom. The predicted molar refractivity (Wildman–Crippen MR) is 98.3 cm³/mol. The summed E-state index contributed by atoms with van der Waals surface area (Å²) in [7, 11) is 2.17. The van der Waals surface area contributed by atoms with E-state index in [0.717, 1.165) is 45.6 Å². The minimum atomic E-state index is 0.0992. The normalized spacial score (nSPS) is 25.0. The number of para-hydroxylation sites is 1. The van der Waals surface area contributed by atoms with Crippen LogP contribution in [0.25, 0.3) is 10.9 Å². The summed E-state index contributed by atoms with van der Waals surface area (Å²) in [6, 6.07) is 9.19. The Bertz CT molecular complexity index is 715. The maximum Gasteiger partial charge on any atom is 0.0999 e. The first kappa shape index (κ1) is 16.1. The second kappa shape index (κ2) is 6.17. The zero-order valence-corrected chi connectivity index (χ0v) is 15.1. The van der Waals surface area contributed by atoms with Crippen molar-refractivity contribution in [1.29, 1.82) is 0 Å². The largest absolute Gasteiger partial charge is 0.358 e. The summed E-state index contributed by atoms with van der Waals surface area (Å²) in [5, 5.41) is 1.39. The number of ether oxygens (including phenoxy) is 1. The molecule has 4 rings (SSSR count). The van der Waals surface area contributed by atoms with Crippen molar-refractivity contribution in [2.45, 2.75) is 44.8 Å². The lowest BCUT2D eigenvalue weighted by atomic mass is 9.85. The second-order valence-electron chi connectivity index (χ2n) is 7.64. The third kappa shape index (κ3) is 2.67. The topological polar surface area (TPSA) is 31.5 Å². The molecule has 0 radical (unpaired) electrons. The Kier molecular flexibility index (Phi) is 4.15. The molecule has 1 spiro atoms. The number of nitrogens with zero attached hydrogens (tertiary/aromatic N) is 2. The van der Waals surface area contributed by atoms with E-state index in [4.69, 9.17) is 4.74 Å². The van der Waals surface area contributed by atoms with Gasteiger partial charge in [-0.05, 0) is 51.8 Å². The van der Waals surface area contributed by atoms with E-state index in [-0.39, 0.29) is 5.60 Å². The number of fused-ring (bicyclic) bond motifs is 1. The lowest BCUT2D eigenvalue weighted by Crippen LogP contribution is -2.51. The Morgan fingerprint density at radius 1 is 1.25 bits per heavy atom. The summed E-state index contributed by atoms with van der Waals surface area (Å²) in [4.78, 5) is 8.47. The van der Waals surface area contributed by atoms with Crippen molar-refractivity contribution >= 4 is 10.9 Å². The number of likely N-dealkylation sites (N-methyl/N-ethyl adjacent to an activating group) is 1. The molecule has 0 saturated carbocycles. The fourth-order valence-electron chi connectivity index (χ4n) is 4.51. The molecule has 1 atom stereocenters. The van der Waals surface area contributed by atoms with Crippen LogP contribution < -0.4 is 0 Å². The monoisotopic (exact) mass is 327 g/mol. The zero-order valence-electron chi connectivity index (χ0n) is 15.1. The first-order valence-electron chi connectivity index (χ1n) is 9.22. The molecule has 1 N–H and O–H groups in total. The molecule has 3 heterocycles. The molecule has 2 aliphatic rings. The third-order valence-electron chi connectivity index (χ3n) is 6.39. The van der Waals surface area contributed by atoms with Gasteiger partial charge in [0.15, 0.2) is 0 Å². The number of rotatable bonds is 3. The fourth-order valence-corrected chi connectivity index (χ4v) is 4.51. The number of aromatic amines is 1. The van der Waals surface area contributed by atoms with E-state index in [0.29, 0.717) is 6.04 Å². The maximum absolute atomic E-state index is 6.18. The summed E-state index contributed by atoms with van der Waals surface area (Å²) < 4.78 is 6.18. The van der Waals surface area contributed by atoms with Crippen LogP contribution in [0.1, 0.15) is 31.0 Å². The van der Waals surface area contributed by atoms with Crippen LogP contribution in [0.5, 0.6) is 0 Å². The zero-order chi connectivity index (χ0) is 16.7. The highest BCUT2D eigenvalue weighted by molar-refractivity contribution is 5.84. The minimum Gasteiger partial charge on any atom is -0.358 e. The van der Waals surface area contributed by atoms with E-state index in [9.17, 15) is 0 Å². The van der Waals surface area contributed by atoms with Gasteiger partial charge in [0.1, 0.15) is 0 Å². The molecule has 130 valence electrons. The number of H-pyrrole nitrogens is 1. The molecule has 0 bridgehead atoms. The van der Waals surface area contributed by atoms with Crippen LogP contribution in [-0.4, -0.2) is 59.8 Å². The summed E-state index contributed by atoms with van der Waals surface area (Å²) in [6.45, 7) is 8.75. The Hall–Kier alpha value is -1.36. The molecule has 4 heteroatoms. The van der Waals surface area contributed by atoms with Crippen molar-refractivity contribution in [2.24, 2.45) is 0 Å². The van der Waals surface area contributed by atoms with E-state index >= 15 is 0 Å². The number of benzene rings is 1. The lowest BCUT2D eigenvalue weighted by Gasteiger charge is -2.41. The summed E-state index contributed by atoms with van der Waals surface area (Å²) in [5.74, 6) is 0. The van der Waals surface area contributed by atoms with Crippen molar-refractivity contribution in [3.63, 3.8) is 0 Å². The number of piperidine rings is 1. The molecule has 0 amide bonds.